The van der Waals surface area contributed by atoms with Gasteiger partial charge in [0, 0.05) is 18.2 Å². The van der Waals surface area contributed by atoms with Crippen LogP contribution < -0.4 is 0 Å². The molecule has 0 aromatic heterocycles. The van der Waals surface area contributed by atoms with Gasteiger partial charge in [0.25, 0.3) is 0 Å². The molecule has 7 nitrogen and oxygen atoms in total. The fourth-order valence-corrected chi connectivity index (χ4v) is 5.93. The maximum Gasteiger partial charge on any atom is 0.419 e. The van der Waals surface area contributed by atoms with Crippen LogP contribution in [-0.4, -0.2) is 41.0 Å². The normalized spacial score (nSPS) is 22.2. The van der Waals surface area contributed by atoms with Gasteiger partial charge >= 0.3 is 11.7 Å². The highest BCUT2D eigenvalue weighted by Gasteiger charge is 2.41. The topological polar surface area (TPSA) is 117 Å². The molecule has 3 rings (SSSR count). The van der Waals surface area contributed by atoms with Crippen LogP contribution >= 0.6 is 10.8 Å². The molecule has 1 saturated heterocycles. The van der Waals surface area contributed by atoms with E-state index >= 15 is 0 Å². The van der Waals surface area contributed by atoms with E-state index in [2.05, 4.69) is 4.79 Å². The summed E-state index contributed by atoms with van der Waals surface area (Å²) in [5.41, 5.74) is 7.64. The van der Waals surface area contributed by atoms with Gasteiger partial charge < -0.3 is 10.6 Å². The van der Waals surface area contributed by atoms with Crippen LogP contribution in [0.2, 0.25) is 0 Å². The van der Waals surface area contributed by atoms with Gasteiger partial charge in [-0.05, 0) is 37.5 Å². The summed E-state index contributed by atoms with van der Waals surface area (Å²) >= 11 is 0. The summed E-state index contributed by atoms with van der Waals surface area (Å²) in [7, 11) is -3.35. The lowest BCUT2D eigenvalue weighted by Crippen LogP contribution is -2.41. The lowest BCUT2D eigenvalue weighted by molar-refractivity contribution is -0.133. The second-order valence-electron chi connectivity index (χ2n) is 7.14. The summed E-state index contributed by atoms with van der Waals surface area (Å²) in [5.74, 6) is -3.76. The molecule has 160 valence electrons. The zero-order valence-electron chi connectivity index (χ0n) is 16.1. The number of carboxylic acids is 1. The molecule has 0 aliphatic carbocycles. The molecule has 10 heteroatoms. The second-order valence-corrected chi connectivity index (χ2v) is 9.30. The standard InChI is InChI=1S/C20H21F2N3O4S/c1-12-7-8-18(13-5-3-2-4-6-13)30(28,29)25(12)11-14-9-17(22)15(10-16(14)21)19(24-23)20(26)27/h2-6,9-10,12,18,28-29H,7-8,11H2,1H3,(H,26,27)/t12-,18+/m0/s1. The number of hydrogen-bond acceptors (Lipinski definition) is 4. The average Bonchev–Trinajstić information content (AvgIpc) is 2.69. The molecule has 0 saturated carbocycles. The fourth-order valence-electron chi connectivity index (χ4n) is 3.66. The van der Waals surface area contributed by atoms with Gasteiger partial charge in [-0.2, -0.15) is 9.10 Å². The molecule has 2 aromatic rings. The highest BCUT2D eigenvalue weighted by molar-refractivity contribution is 8.22. The smallest absolute Gasteiger partial charge is 0.419 e. The number of nitrogens with zero attached hydrogens (tertiary/aromatic N) is 3. The van der Waals surface area contributed by atoms with Gasteiger partial charge in [-0.1, -0.05) is 30.3 Å². The summed E-state index contributed by atoms with van der Waals surface area (Å²) < 4.78 is 52.5. The monoisotopic (exact) mass is 437 g/mol. The lowest BCUT2D eigenvalue weighted by Gasteiger charge is -2.54. The molecule has 0 amide bonds. The largest absolute Gasteiger partial charge is 0.472 e. The molecule has 0 radical (unpaired) electrons. The number of carbonyl (C=O) groups is 1. The Morgan fingerprint density at radius 2 is 1.87 bits per heavy atom. The quantitative estimate of drug-likeness (QED) is 0.363. The van der Waals surface area contributed by atoms with Crippen LogP contribution in [-0.2, 0) is 11.3 Å². The van der Waals surface area contributed by atoms with Gasteiger partial charge in [-0.3, -0.25) is 9.11 Å². The van der Waals surface area contributed by atoms with Crippen LogP contribution in [0.15, 0.2) is 42.5 Å². The maximum atomic E-state index is 14.7. The average molecular weight is 437 g/mol. The Morgan fingerprint density at radius 1 is 1.20 bits per heavy atom. The molecule has 1 heterocycles. The molecule has 30 heavy (non-hydrogen) atoms. The van der Waals surface area contributed by atoms with Crippen molar-refractivity contribution in [1.82, 2.24) is 4.31 Å². The number of rotatable bonds is 5. The Hall–Kier alpha value is -2.62. The third kappa shape index (κ3) is 4.14. The van der Waals surface area contributed by atoms with Crippen LogP contribution in [0.4, 0.5) is 8.78 Å². The number of aliphatic carboxylic acids is 1. The molecule has 2 atom stereocenters. The predicted molar refractivity (Wildman–Crippen MR) is 108 cm³/mol. The molecule has 0 spiro atoms. The molecular formula is C20H21F2N3O4S. The van der Waals surface area contributed by atoms with Crippen LogP contribution in [0.1, 0.15) is 41.7 Å². The third-order valence-corrected chi connectivity index (χ3v) is 7.71. The zero-order chi connectivity index (χ0) is 22.1. The number of hydrogen-bond donors (Lipinski definition) is 3. The van der Waals surface area contributed by atoms with E-state index in [1.165, 1.54) is 4.31 Å². The molecule has 3 N–H and O–H groups in total. The molecule has 0 bridgehead atoms. The van der Waals surface area contributed by atoms with Crippen molar-refractivity contribution in [2.24, 2.45) is 0 Å². The zero-order valence-corrected chi connectivity index (χ0v) is 16.9. The van der Waals surface area contributed by atoms with Crippen molar-refractivity contribution >= 4 is 22.5 Å². The van der Waals surface area contributed by atoms with Gasteiger partial charge in [0.1, 0.15) is 17.2 Å². The SMILES string of the molecule is C[C@H]1CC[C@H](c2ccccc2)S(O)(O)N1Cc1cc(F)c(C(=[N+]=[N-])C(=O)O)cc1F. The summed E-state index contributed by atoms with van der Waals surface area (Å²) in [5, 5.41) is 8.39. The second kappa shape index (κ2) is 8.63. The van der Waals surface area contributed by atoms with Gasteiger partial charge in [0.05, 0.1) is 5.25 Å². The minimum absolute atomic E-state index is 0.167. The Bertz CT molecular complexity index is 1010. The Labute approximate surface area is 173 Å². The number of carboxylic acid groups (broad SMARTS) is 1. The first-order chi connectivity index (χ1) is 14.2. The first kappa shape index (κ1) is 22.1. The van der Waals surface area contributed by atoms with Crippen molar-refractivity contribution in [3.05, 3.63) is 76.3 Å². The van der Waals surface area contributed by atoms with Crippen molar-refractivity contribution in [2.45, 2.75) is 37.6 Å². The van der Waals surface area contributed by atoms with Crippen molar-refractivity contribution in [1.29, 1.82) is 0 Å². The Kier molecular flexibility index (Phi) is 6.35. The van der Waals surface area contributed by atoms with E-state index in [1.807, 2.05) is 6.07 Å². The summed E-state index contributed by atoms with van der Waals surface area (Å²) in [6.07, 6.45) is 1.16. The molecular weight excluding hydrogens is 416 g/mol. The summed E-state index contributed by atoms with van der Waals surface area (Å²) in [4.78, 5) is 13.6. The highest BCUT2D eigenvalue weighted by Crippen LogP contribution is 2.62. The first-order valence-corrected chi connectivity index (χ1v) is 10.8. The number of halogens is 2. The highest BCUT2D eigenvalue weighted by atomic mass is 32.3. The summed E-state index contributed by atoms with van der Waals surface area (Å²) in [6.45, 7) is 1.49. The van der Waals surface area contributed by atoms with Crippen LogP contribution in [0.25, 0.3) is 5.53 Å². The molecule has 1 fully saturated rings. The molecule has 0 unspecified atom stereocenters. The Morgan fingerprint density at radius 3 is 2.47 bits per heavy atom. The minimum atomic E-state index is -3.35. The van der Waals surface area contributed by atoms with Crippen LogP contribution in [0.3, 0.4) is 0 Å². The molecule has 1 aliphatic heterocycles. The third-order valence-electron chi connectivity index (χ3n) is 5.26. The fraction of sp³-hybridized carbons (Fsp3) is 0.300. The van der Waals surface area contributed by atoms with E-state index in [-0.39, 0.29) is 18.2 Å². The maximum absolute atomic E-state index is 14.7. The Balaban J connectivity index is 1.95. The van der Waals surface area contributed by atoms with Gasteiger partial charge in [0.15, 0.2) is 0 Å². The first-order valence-electron chi connectivity index (χ1n) is 9.19. The van der Waals surface area contributed by atoms with E-state index < -0.39 is 44.9 Å². The van der Waals surface area contributed by atoms with Gasteiger partial charge in [-0.15, -0.1) is 10.8 Å². The van der Waals surface area contributed by atoms with E-state index in [1.54, 1.807) is 31.2 Å². The molecule has 1 aliphatic rings. The van der Waals surface area contributed by atoms with Crippen molar-refractivity contribution in [2.75, 3.05) is 0 Å². The van der Waals surface area contributed by atoms with Gasteiger partial charge in [0.2, 0.25) is 0 Å². The van der Waals surface area contributed by atoms with Crippen LogP contribution in [0, 0.1) is 11.6 Å². The lowest BCUT2D eigenvalue weighted by atomic mass is 10.0. The van der Waals surface area contributed by atoms with E-state index in [4.69, 9.17) is 10.6 Å². The van der Waals surface area contributed by atoms with Crippen molar-refractivity contribution in [3.8, 4) is 0 Å². The predicted octanol–water partition coefficient (Wildman–Crippen LogP) is 4.46. The number of benzene rings is 2. The van der Waals surface area contributed by atoms with Gasteiger partial charge in [-0.25, -0.2) is 13.6 Å². The van der Waals surface area contributed by atoms with E-state index in [0.29, 0.717) is 18.9 Å². The van der Waals surface area contributed by atoms with Crippen molar-refractivity contribution in [3.63, 3.8) is 0 Å². The molecule has 2 aromatic carbocycles. The van der Waals surface area contributed by atoms with E-state index in [9.17, 15) is 22.7 Å². The van der Waals surface area contributed by atoms with E-state index in [0.717, 1.165) is 11.6 Å². The van der Waals surface area contributed by atoms with Crippen molar-refractivity contribution < 1.29 is 32.6 Å². The summed E-state index contributed by atoms with van der Waals surface area (Å²) in [6, 6.07) is 10.1. The minimum Gasteiger partial charge on any atom is -0.472 e. The van der Waals surface area contributed by atoms with Crippen LogP contribution in [0.5, 0.6) is 0 Å².